The van der Waals surface area contributed by atoms with Crippen molar-refractivity contribution in [1.29, 1.82) is 0 Å². The van der Waals surface area contributed by atoms with Gasteiger partial charge in [0.15, 0.2) is 5.11 Å². The fourth-order valence-corrected chi connectivity index (χ4v) is 5.11. The highest BCUT2D eigenvalue weighted by Crippen LogP contribution is 2.39. The second-order valence-electron chi connectivity index (χ2n) is 7.61. The number of rotatable bonds is 4. The van der Waals surface area contributed by atoms with Crippen LogP contribution in [0.15, 0.2) is 24.3 Å². The second kappa shape index (κ2) is 8.41. The lowest BCUT2D eigenvalue weighted by Gasteiger charge is -2.18. The van der Waals surface area contributed by atoms with E-state index in [0.29, 0.717) is 28.0 Å². The molecule has 0 unspecified atom stereocenters. The number of carbonyl (C=O) groups is 2. The van der Waals surface area contributed by atoms with Gasteiger partial charge in [-0.15, -0.1) is 11.3 Å². The Morgan fingerprint density at radius 2 is 1.93 bits per heavy atom. The maximum Gasteiger partial charge on any atom is 0.257 e. The van der Waals surface area contributed by atoms with E-state index in [0.717, 1.165) is 24.8 Å². The molecule has 0 saturated carbocycles. The molecule has 0 saturated heterocycles. The lowest BCUT2D eigenvalue weighted by atomic mass is 9.88. The average molecular weight is 416 g/mol. The third kappa shape index (κ3) is 4.42. The van der Waals surface area contributed by atoms with Gasteiger partial charge in [0.05, 0.1) is 5.56 Å². The first-order valence-corrected chi connectivity index (χ1v) is 10.6. The zero-order valence-electron chi connectivity index (χ0n) is 16.3. The van der Waals surface area contributed by atoms with Gasteiger partial charge < -0.3 is 11.1 Å². The van der Waals surface area contributed by atoms with E-state index >= 15 is 0 Å². The Balaban J connectivity index is 1.72. The van der Waals surface area contributed by atoms with E-state index < -0.39 is 5.91 Å². The molecule has 1 heterocycles. The molecule has 1 atom stereocenters. The number of thiocarbonyl (C=S) groups is 1. The fraction of sp³-hybridized carbons (Fsp3) is 0.381. The molecule has 4 N–H and O–H groups in total. The standard InChI is InChI=1S/C21H25N3O2S2/c1-11(2)13-5-7-14(8-6-13)19(26)23-21(27)24-20-17(18(22)25)15-9-4-12(3)10-16(15)28-20/h5-8,11-12H,4,9-10H2,1-3H3,(H2,22,25)(H2,23,24,26,27)/t12-/m1/s1. The molecule has 0 fully saturated rings. The number of primary amides is 1. The molecule has 1 aliphatic rings. The van der Waals surface area contributed by atoms with Gasteiger partial charge in [-0.1, -0.05) is 32.9 Å². The molecule has 7 heteroatoms. The van der Waals surface area contributed by atoms with Crippen molar-refractivity contribution in [3.05, 3.63) is 51.4 Å². The van der Waals surface area contributed by atoms with Crippen LogP contribution < -0.4 is 16.4 Å². The van der Waals surface area contributed by atoms with Crippen molar-refractivity contribution in [2.24, 2.45) is 11.7 Å². The number of fused-ring (bicyclic) bond motifs is 1. The quantitative estimate of drug-likeness (QED) is 0.653. The summed E-state index contributed by atoms with van der Waals surface area (Å²) in [6.07, 6.45) is 2.81. The summed E-state index contributed by atoms with van der Waals surface area (Å²) in [5, 5.41) is 6.47. The van der Waals surface area contributed by atoms with Crippen LogP contribution >= 0.6 is 23.6 Å². The van der Waals surface area contributed by atoms with Gasteiger partial charge in [-0.2, -0.15) is 0 Å². The third-order valence-electron chi connectivity index (χ3n) is 5.05. The van der Waals surface area contributed by atoms with E-state index in [1.165, 1.54) is 21.8 Å². The first-order chi connectivity index (χ1) is 13.3. The molecule has 1 aromatic carbocycles. The van der Waals surface area contributed by atoms with Crippen LogP contribution in [0.2, 0.25) is 0 Å². The molecule has 3 rings (SSSR count). The molecule has 28 heavy (non-hydrogen) atoms. The highest BCUT2D eigenvalue weighted by atomic mass is 32.1. The monoisotopic (exact) mass is 415 g/mol. The Hall–Kier alpha value is -2.25. The molecule has 0 aliphatic heterocycles. The summed E-state index contributed by atoms with van der Waals surface area (Å²) in [6, 6.07) is 7.45. The van der Waals surface area contributed by atoms with Crippen molar-refractivity contribution in [3.63, 3.8) is 0 Å². The summed E-state index contributed by atoms with van der Waals surface area (Å²) in [6.45, 7) is 6.41. The maximum absolute atomic E-state index is 12.5. The van der Waals surface area contributed by atoms with Crippen LogP contribution in [0.1, 0.15) is 69.8 Å². The number of nitrogens with two attached hydrogens (primary N) is 1. The third-order valence-corrected chi connectivity index (χ3v) is 6.43. The van der Waals surface area contributed by atoms with Gasteiger partial charge in [0.2, 0.25) is 0 Å². The van der Waals surface area contributed by atoms with Crippen molar-refractivity contribution >= 4 is 45.5 Å². The zero-order chi connectivity index (χ0) is 20.4. The Morgan fingerprint density at radius 3 is 2.54 bits per heavy atom. The predicted molar refractivity (Wildman–Crippen MR) is 118 cm³/mol. The van der Waals surface area contributed by atoms with E-state index in [1.807, 2.05) is 12.1 Å². The van der Waals surface area contributed by atoms with Crippen molar-refractivity contribution in [2.75, 3.05) is 5.32 Å². The van der Waals surface area contributed by atoms with Crippen molar-refractivity contribution in [2.45, 2.75) is 46.0 Å². The summed E-state index contributed by atoms with van der Waals surface area (Å²) in [5.41, 5.74) is 8.85. The SMILES string of the molecule is CC(C)c1ccc(C(=O)NC(=S)Nc2sc3c(c2C(N)=O)CC[C@@H](C)C3)cc1. The van der Waals surface area contributed by atoms with Crippen LogP contribution in [0, 0.1) is 5.92 Å². The minimum absolute atomic E-state index is 0.159. The van der Waals surface area contributed by atoms with Crippen molar-refractivity contribution in [1.82, 2.24) is 5.32 Å². The van der Waals surface area contributed by atoms with Crippen molar-refractivity contribution in [3.8, 4) is 0 Å². The average Bonchev–Trinajstić information content (AvgIpc) is 2.98. The molecule has 2 aromatic rings. The number of carbonyl (C=O) groups excluding carboxylic acids is 2. The molecule has 2 amide bonds. The Morgan fingerprint density at radius 1 is 1.25 bits per heavy atom. The van der Waals surface area contributed by atoms with Gasteiger partial charge in [-0.3, -0.25) is 14.9 Å². The Bertz CT molecular complexity index is 916. The first kappa shape index (κ1) is 20.5. The molecule has 0 bridgehead atoms. The fourth-order valence-electron chi connectivity index (χ4n) is 3.43. The number of nitrogens with one attached hydrogen (secondary N) is 2. The molecule has 148 valence electrons. The highest BCUT2D eigenvalue weighted by molar-refractivity contribution is 7.80. The largest absolute Gasteiger partial charge is 0.365 e. The lowest BCUT2D eigenvalue weighted by Crippen LogP contribution is -2.34. The number of hydrogen-bond acceptors (Lipinski definition) is 4. The Labute approximate surface area is 174 Å². The molecule has 1 aromatic heterocycles. The summed E-state index contributed by atoms with van der Waals surface area (Å²) in [4.78, 5) is 25.6. The van der Waals surface area contributed by atoms with Gasteiger partial charge >= 0.3 is 0 Å². The summed E-state index contributed by atoms with van der Waals surface area (Å²) in [5.74, 6) is 0.233. The molecule has 5 nitrogen and oxygen atoms in total. The number of amides is 2. The highest BCUT2D eigenvalue weighted by Gasteiger charge is 2.27. The van der Waals surface area contributed by atoms with E-state index in [4.69, 9.17) is 18.0 Å². The summed E-state index contributed by atoms with van der Waals surface area (Å²) in [7, 11) is 0. The normalized spacial score (nSPS) is 15.8. The van der Waals surface area contributed by atoms with Crippen LogP contribution in [0.4, 0.5) is 5.00 Å². The Kier molecular flexibility index (Phi) is 6.15. The van der Waals surface area contributed by atoms with Crippen LogP contribution in [-0.4, -0.2) is 16.9 Å². The van der Waals surface area contributed by atoms with Gasteiger partial charge in [0.25, 0.3) is 11.8 Å². The van der Waals surface area contributed by atoms with Crippen LogP contribution in [-0.2, 0) is 12.8 Å². The first-order valence-electron chi connectivity index (χ1n) is 9.42. The summed E-state index contributed by atoms with van der Waals surface area (Å²) >= 11 is 6.80. The number of hydrogen-bond donors (Lipinski definition) is 3. The van der Waals surface area contributed by atoms with Crippen molar-refractivity contribution < 1.29 is 9.59 Å². The van der Waals surface area contributed by atoms with Crippen LogP contribution in [0.5, 0.6) is 0 Å². The number of thiophene rings is 1. The molecule has 0 spiro atoms. The maximum atomic E-state index is 12.5. The number of benzene rings is 1. The van der Waals surface area contributed by atoms with E-state index in [2.05, 4.69) is 31.4 Å². The molecule has 0 radical (unpaired) electrons. The van der Waals surface area contributed by atoms with E-state index in [9.17, 15) is 9.59 Å². The van der Waals surface area contributed by atoms with Gasteiger partial charge in [0.1, 0.15) is 5.00 Å². The van der Waals surface area contributed by atoms with Gasteiger partial charge in [-0.25, -0.2) is 0 Å². The van der Waals surface area contributed by atoms with E-state index in [1.54, 1.807) is 12.1 Å². The summed E-state index contributed by atoms with van der Waals surface area (Å²) < 4.78 is 0. The molecular weight excluding hydrogens is 390 g/mol. The predicted octanol–water partition coefficient (Wildman–Crippen LogP) is 4.22. The zero-order valence-corrected chi connectivity index (χ0v) is 17.9. The van der Waals surface area contributed by atoms with Gasteiger partial charge in [-0.05, 0) is 66.6 Å². The minimum Gasteiger partial charge on any atom is -0.365 e. The lowest BCUT2D eigenvalue weighted by molar-refractivity contribution is 0.0975. The van der Waals surface area contributed by atoms with Gasteiger partial charge in [0, 0.05) is 10.4 Å². The smallest absolute Gasteiger partial charge is 0.257 e. The topological polar surface area (TPSA) is 84.2 Å². The molecular formula is C21H25N3O2S2. The van der Waals surface area contributed by atoms with Crippen LogP contribution in [0.25, 0.3) is 0 Å². The van der Waals surface area contributed by atoms with E-state index in [-0.39, 0.29) is 11.0 Å². The van der Waals surface area contributed by atoms with Crippen LogP contribution in [0.3, 0.4) is 0 Å². The molecule has 1 aliphatic carbocycles. The minimum atomic E-state index is -0.465. The number of anilines is 1. The second-order valence-corrected chi connectivity index (χ2v) is 9.12.